The smallest absolute Gasteiger partial charge is 0.340 e. The molecular weight excluding hydrogens is 397 g/mol. The van der Waals surface area contributed by atoms with Crippen molar-refractivity contribution in [2.45, 2.75) is 51.4 Å². The predicted molar refractivity (Wildman–Crippen MR) is 100 cm³/mol. The number of fused-ring (bicyclic) bond motifs is 3. The lowest BCUT2D eigenvalue weighted by atomic mass is 9.92. The molecule has 3 aliphatic rings. The molecule has 0 bridgehead atoms. The second kappa shape index (κ2) is 7.17. The topological polar surface area (TPSA) is 75.1 Å². The van der Waals surface area contributed by atoms with Gasteiger partial charge in [-0.2, -0.15) is 23.4 Å². The van der Waals surface area contributed by atoms with Crippen LogP contribution in [0.25, 0.3) is 0 Å². The summed E-state index contributed by atoms with van der Waals surface area (Å²) in [6.45, 7) is 2.23. The lowest BCUT2D eigenvalue weighted by Crippen LogP contribution is -2.49. The number of nitrogens with zero attached hydrogens (tertiary/aromatic N) is 6. The van der Waals surface area contributed by atoms with E-state index in [1.54, 1.807) is 4.90 Å². The highest BCUT2D eigenvalue weighted by molar-refractivity contribution is 5.77. The zero-order valence-electron chi connectivity index (χ0n) is 16.3. The summed E-state index contributed by atoms with van der Waals surface area (Å²) in [6.07, 6.45) is 1.83. The Hall–Kier alpha value is -2.78. The standard InChI is InChI=1S/C20H21F3N6O/c21-20(22,23)13-6-24-19(25-7-13)29-8-12(9-29)5-18(30)28-10-15-14-3-1-2-4-16(14)26-27-17(15)11-28/h6-7,12H,1-5,8-11H2. The third-order valence-electron chi connectivity index (χ3n) is 6.15. The molecule has 0 atom stereocenters. The molecule has 0 saturated carbocycles. The van der Waals surface area contributed by atoms with Crippen molar-refractivity contribution in [3.05, 3.63) is 40.5 Å². The summed E-state index contributed by atoms with van der Waals surface area (Å²) in [5.41, 5.74) is 3.60. The number of aryl methyl sites for hydroxylation is 1. The molecule has 5 rings (SSSR count). The Morgan fingerprint density at radius 2 is 1.70 bits per heavy atom. The Bertz CT molecular complexity index is 972. The summed E-state index contributed by atoms with van der Waals surface area (Å²) in [5.74, 6) is 0.491. The van der Waals surface area contributed by atoms with Crippen molar-refractivity contribution >= 4 is 11.9 Å². The highest BCUT2D eigenvalue weighted by atomic mass is 19.4. The fraction of sp³-hybridized carbons (Fsp3) is 0.550. The summed E-state index contributed by atoms with van der Waals surface area (Å²) in [7, 11) is 0. The Morgan fingerprint density at radius 1 is 1.00 bits per heavy atom. The molecule has 2 aliphatic heterocycles. The van der Waals surface area contributed by atoms with Crippen LogP contribution in [0.2, 0.25) is 0 Å². The van der Waals surface area contributed by atoms with Crippen LogP contribution in [-0.4, -0.2) is 44.1 Å². The van der Waals surface area contributed by atoms with E-state index in [1.807, 2.05) is 4.90 Å². The van der Waals surface area contributed by atoms with Crippen molar-refractivity contribution in [2.24, 2.45) is 5.92 Å². The first-order valence-corrected chi connectivity index (χ1v) is 10.2. The molecule has 7 nitrogen and oxygen atoms in total. The average Bonchev–Trinajstić information content (AvgIpc) is 3.15. The summed E-state index contributed by atoms with van der Waals surface area (Å²) in [6, 6.07) is 0. The summed E-state index contributed by atoms with van der Waals surface area (Å²) in [4.78, 5) is 24.0. The van der Waals surface area contributed by atoms with Crippen molar-refractivity contribution in [2.75, 3.05) is 18.0 Å². The summed E-state index contributed by atoms with van der Waals surface area (Å²) >= 11 is 0. The van der Waals surface area contributed by atoms with E-state index in [9.17, 15) is 18.0 Å². The number of anilines is 1. The molecule has 1 fully saturated rings. The van der Waals surface area contributed by atoms with Gasteiger partial charge in [0.25, 0.3) is 0 Å². The van der Waals surface area contributed by atoms with Gasteiger partial charge in [-0.1, -0.05) is 0 Å². The van der Waals surface area contributed by atoms with E-state index >= 15 is 0 Å². The number of aromatic nitrogens is 4. The van der Waals surface area contributed by atoms with Gasteiger partial charge in [0.05, 0.1) is 23.5 Å². The molecule has 4 heterocycles. The number of rotatable bonds is 3. The number of hydrogen-bond acceptors (Lipinski definition) is 6. The van der Waals surface area contributed by atoms with Crippen LogP contribution in [0.4, 0.5) is 19.1 Å². The third-order valence-corrected chi connectivity index (χ3v) is 6.15. The zero-order chi connectivity index (χ0) is 20.9. The maximum Gasteiger partial charge on any atom is 0.419 e. The van der Waals surface area contributed by atoms with E-state index in [4.69, 9.17) is 0 Å². The molecule has 30 heavy (non-hydrogen) atoms. The van der Waals surface area contributed by atoms with Crippen molar-refractivity contribution in [3.63, 3.8) is 0 Å². The molecular formula is C20H21F3N6O. The van der Waals surface area contributed by atoms with E-state index in [2.05, 4.69) is 20.2 Å². The SMILES string of the molecule is O=C(CC1CN(c2ncc(C(F)(F)F)cn2)C1)N1Cc2nnc3c(c2C1)CCCC3. The van der Waals surface area contributed by atoms with Gasteiger partial charge < -0.3 is 9.80 Å². The van der Waals surface area contributed by atoms with Gasteiger partial charge >= 0.3 is 6.18 Å². The quantitative estimate of drug-likeness (QED) is 0.763. The van der Waals surface area contributed by atoms with Gasteiger partial charge in [-0.15, -0.1) is 0 Å². The molecule has 0 unspecified atom stereocenters. The highest BCUT2D eigenvalue weighted by Gasteiger charge is 2.36. The Labute approximate surface area is 171 Å². The summed E-state index contributed by atoms with van der Waals surface area (Å²) < 4.78 is 37.9. The van der Waals surface area contributed by atoms with Gasteiger partial charge in [-0.3, -0.25) is 4.79 Å². The Morgan fingerprint density at radius 3 is 2.43 bits per heavy atom. The van der Waals surface area contributed by atoms with Gasteiger partial charge in [0, 0.05) is 49.9 Å². The molecule has 2 aromatic heterocycles. The van der Waals surface area contributed by atoms with Crippen molar-refractivity contribution in [1.29, 1.82) is 0 Å². The van der Waals surface area contributed by atoms with Crippen LogP contribution in [0.15, 0.2) is 12.4 Å². The third kappa shape index (κ3) is 3.48. The zero-order valence-corrected chi connectivity index (χ0v) is 16.3. The molecule has 158 valence electrons. The van der Waals surface area contributed by atoms with Crippen LogP contribution in [0.5, 0.6) is 0 Å². The molecule has 10 heteroatoms. The molecule has 2 aromatic rings. The molecule has 0 aromatic carbocycles. The van der Waals surface area contributed by atoms with E-state index < -0.39 is 11.7 Å². The molecule has 0 N–H and O–H groups in total. The lowest BCUT2D eigenvalue weighted by molar-refractivity contribution is -0.138. The van der Waals surface area contributed by atoms with Gasteiger partial charge in [0.15, 0.2) is 0 Å². The van der Waals surface area contributed by atoms with Crippen LogP contribution < -0.4 is 4.90 Å². The molecule has 1 amide bonds. The number of carbonyl (C=O) groups is 1. The summed E-state index contributed by atoms with van der Waals surface area (Å²) in [5, 5.41) is 8.70. The van der Waals surface area contributed by atoms with Crippen LogP contribution in [-0.2, 0) is 36.9 Å². The fourth-order valence-corrected chi connectivity index (χ4v) is 4.47. The van der Waals surface area contributed by atoms with Gasteiger partial charge in [-0.05, 0) is 31.2 Å². The normalized spacial score (nSPS) is 18.8. The first-order chi connectivity index (χ1) is 14.4. The number of carbonyl (C=O) groups excluding carboxylic acids is 1. The molecule has 1 aliphatic carbocycles. The number of hydrogen-bond donors (Lipinski definition) is 0. The maximum absolute atomic E-state index is 12.8. The van der Waals surface area contributed by atoms with Crippen molar-refractivity contribution < 1.29 is 18.0 Å². The van der Waals surface area contributed by atoms with Crippen molar-refractivity contribution in [3.8, 4) is 0 Å². The van der Waals surface area contributed by atoms with Gasteiger partial charge in [0.1, 0.15) is 0 Å². The van der Waals surface area contributed by atoms with Crippen LogP contribution in [0, 0.1) is 5.92 Å². The largest absolute Gasteiger partial charge is 0.419 e. The monoisotopic (exact) mass is 418 g/mol. The molecule has 1 saturated heterocycles. The lowest BCUT2D eigenvalue weighted by Gasteiger charge is -2.39. The minimum absolute atomic E-state index is 0.0792. The maximum atomic E-state index is 12.8. The van der Waals surface area contributed by atoms with E-state index in [1.165, 1.54) is 11.1 Å². The first kappa shape index (κ1) is 19.2. The van der Waals surface area contributed by atoms with E-state index in [0.29, 0.717) is 32.6 Å². The number of halogens is 3. The minimum atomic E-state index is -4.45. The van der Waals surface area contributed by atoms with Gasteiger partial charge in [0.2, 0.25) is 11.9 Å². The second-order valence-corrected chi connectivity index (χ2v) is 8.25. The number of alkyl halides is 3. The van der Waals surface area contributed by atoms with E-state index in [0.717, 1.165) is 49.5 Å². The highest BCUT2D eigenvalue weighted by Crippen LogP contribution is 2.32. The average molecular weight is 418 g/mol. The molecule has 0 radical (unpaired) electrons. The Balaban J connectivity index is 1.16. The van der Waals surface area contributed by atoms with E-state index in [-0.39, 0.29) is 17.8 Å². The van der Waals surface area contributed by atoms with Crippen LogP contribution >= 0.6 is 0 Å². The van der Waals surface area contributed by atoms with Crippen molar-refractivity contribution in [1.82, 2.24) is 25.1 Å². The first-order valence-electron chi connectivity index (χ1n) is 10.2. The fourth-order valence-electron chi connectivity index (χ4n) is 4.47. The molecule has 0 spiro atoms. The predicted octanol–water partition coefficient (Wildman–Crippen LogP) is 2.53. The minimum Gasteiger partial charge on any atom is -0.340 e. The van der Waals surface area contributed by atoms with Crippen LogP contribution in [0.1, 0.15) is 47.3 Å². The number of amides is 1. The Kier molecular flexibility index (Phi) is 4.59. The van der Waals surface area contributed by atoms with Crippen LogP contribution in [0.3, 0.4) is 0 Å². The van der Waals surface area contributed by atoms with Gasteiger partial charge in [-0.25, -0.2) is 9.97 Å². The second-order valence-electron chi connectivity index (χ2n) is 8.25.